The molecule has 0 fully saturated rings. The highest BCUT2D eigenvalue weighted by atomic mass is 32.1. The van der Waals surface area contributed by atoms with Crippen LogP contribution in [-0.2, 0) is 14.3 Å². The Morgan fingerprint density at radius 2 is 2.13 bits per heavy atom. The maximum atomic E-state index is 13.2. The minimum absolute atomic E-state index is 0.0556. The number of aromatic amines is 1. The van der Waals surface area contributed by atoms with E-state index in [0.717, 1.165) is 4.70 Å². The first-order chi connectivity index (χ1) is 14.9. The minimum atomic E-state index is -1.18. The molecule has 1 aliphatic rings. The molecule has 3 N–H and O–H groups in total. The largest absolute Gasteiger partial charge is 0.595 e. The molecule has 1 amide bonds. The summed E-state index contributed by atoms with van der Waals surface area (Å²) in [6.45, 7) is 1.79. The number of fused-ring (bicyclic) bond motifs is 1. The molecule has 31 heavy (non-hydrogen) atoms. The standard InChI is InChI=1S/C20H17N5O5S/c1-2-30-19(27)17-14(18(26)24(22-17)12-6-4-3-5-7-12)11-23-16-10-13(25(28)29)8-9-15(16)21-20(23)31/h3-11,17,25,28H,2H2,1H3/p+1/b14-11+. The number of nitrogens with zero attached hydrogens (tertiary/aromatic N) is 3. The van der Waals surface area contributed by atoms with Crippen LogP contribution in [0.4, 0.5) is 11.4 Å². The van der Waals surface area contributed by atoms with E-state index < -0.39 is 23.1 Å². The van der Waals surface area contributed by atoms with Crippen LogP contribution in [0, 0.1) is 9.98 Å². The average molecular weight is 440 g/mol. The van der Waals surface area contributed by atoms with Gasteiger partial charge in [0, 0.05) is 30.5 Å². The molecule has 2 aromatic carbocycles. The van der Waals surface area contributed by atoms with E-state index >= 15 is 0 Å². The molecule has 4 rings (SSSR count). The molecule has 1 aliphatic heterocycles. The predicted molar refractivity (Wildman–Crippen MR) is 111 cm³/mol. The van der Waals surface area contributed by atoms with Crippen molar-refractivity contribution in [1.82, 2.24) is 9.55 Å². The fraction of sp³-hybridized carbons (Fsp3) is 0.150. The van der Waals surface area contributed by atoms with Gasteiger partial charge in [0.2, 0.25) is 11.7 Å². The number of para-hydroxylation sites is 1. The van der Waals surface area contributed by atoms with Crippen molar-refractivity contribution in [2.75, 3.05) is 6.61 Å². The van der Waals surface area contributed by atoms with Crippen LogP contribution in [0.5, 0.6) is 0 Å². The van der Waals surface area contributed by atoms with E-state index in [2.05, 4.69) is 10.1 Å². The number of H-pyrrole nitrogens is 1. The highest BCUT2D eigenvalue weighted by Gasteiger charge is 2.46. The summed E-state index contributed by atoms with van der Waals surface area (Å²) in [5, 5.41) is 23.8. The second-order valence-corrected chi connectivity index (χ2v) is 7.03. The first kappa shape index (κ1) is 20.8. The number of rotatable bonds is 5. The molecule has 11 heteroatoms. The Bertz CT molecular complexity index is 1290. The molecule has 0 spiro atoms. The zero-order valence-electron chi connectivity index (χ0n) is 16.3. The third kappa shape index (κ3) is 3.82. The number of azo groups is 2. The van der Waals surface area contributed by atoms with Crippen LogP contribution in [-0.4, -0.2) is 44.0 Å². The molecule has 2 atom stereocenters. The van der Waals surface area contributed by atoms with E-state index in [1.807, 2.05) is 0 Å². The average Bonchev–Trinajstić information content (AvgIpc) is 3.25. The maximum Gasteiger partial charge on any atom is 0.450 e. The van der Waals surface area contributed by atoms with Gasteiger partial charge in [0.05, 0.1) is 17.6 Å². The van der Waals surface area contributed by atoms with Crippen LogP contribution in [0.2, 0.25) is 0 Å². The number of esters is 1. The summed E-state index contributed by atoms with van der Waals surface area (Å²) in [4.78, 5) is 28.7. The first-order valence-electron chi connectivity index (χ1n) is 9.37. The van der Waals surface area contributed by atoms with Crippen LogP contribution in [0.25, 0.3) is 17.2 Å². The van der Waals surface area contributed by atoms with Crippen LogP contribution >= 0.6 is 12.2 Å². The molecule has 3 aromatic rings. The third-order valence-corrected chi connectivity index (χ3v) is 5.01. The van der Waals surface area contributed by atoms with E-state index in [0.29, 0.717) is 16.7 Å². The van der Waals surface area contributed by atoms with Crippen molar-refractivity contribution < 1.29 is 29.5 Å². The second kappa shape index (κ2) is 8.32. The van der Waals surface area contributed by atoms with Gasteiger partial charge < -0.3 is 14.9 Å². The number of carbonyl (C=O) groups is 2. The third-order valence-electron chi connectivity index (χ3n) is 4.71. The number of aromatic nitrogens is 2. The van der Waals surface area contributed by atoms with Crippen LogP contribution in [0.15, 0.2) is 59.2 Å². The summed E-state index contributed by atoms with van der Waals surface area (Å²) in [7, 11) is 0. The maximum absolute atomic E-state index is 13.2. The Balaban J connectivity index is 1.86. The summed E-state index contributed by atoms with van der Waals surface area (Å²) in [6.07, 6.45) is 1.41. The van der Waals surface area contributed by atoms with E-state index in [-0.39, 0.29) is 22.6 Å². The van der Waals surface area contributed by atoms with Gasteiger partial charge in [0.25, 0.3) is 0 Å². The van der Waals surface area contributed by atoms with E-state index in [1.54, 1.807) is 43.3 Å². The molecule has 0 bridgehead atoms. The van der Waals surface area contributed by atoms with Gasteiger partial charge in [-0.2, -0.15) is 5.23 Å². The Labute approximate surface area is 180 Å². The highest BCUT2D eigenvalue weighted by Crippen LogP contribution is 2.27. The second-order valence-electron chi connectivity index (χ2n) is 6.64. The van der Waals surface area contributed by atoms with Crippen molar-refractivity contribution in [3.8, 4) is 0 Å². The molecular weight excluding hydrogens is 422 g/mol. The molecule has 0 radical (unpaired) electrons. The Morgan fingerprint density at radius 1 is 1.39 bits per heavy atom. The minimum Gasteiger partial charge on any atom is -0.595 e. The molecule has 0 saturated carbocycles. The van der Waals surface area contributed by atoms with Crippen LogP contribution < -0.4 is 5.23 Å². The topological polar surface area (TPSA) is 127 Å². The lowest BCUT2D eigenvalue weighted by molar-refractivity contribution is -0.991. The molecule has 0 saturated heterocycles. The fourth-order valence-corrected chi connectivity index (χ4v) is 3.53. The Hall–Kier alpha value is -3.51. The van der Waals surface area contributed by atoms with Crippen molar-refractivity contribution in [2.45, 2.75) is 13.0 Å². The number of carbonyl (C=O) groups excluding carboxylic acids is 2. The first-order valence-corrected chi connectivity index (χ1v) is 9.77. The van der Waals surface area contributed by atoms with Crippen LogP contribution in [0.3, 0.4) is 0 Å². The number of benzene rings is 2. The van der Waals surface area contributed by atoms with Crippen molar-refractivity contribution in [3.05, 3.63) is 64.1 Å². The van der Waals surface area contributed by atoms with Gasteiger partial charge in [0.1, 0.15) is 5.57 Å². The molecule has 0 aliphatic carbocycles. The van der Waals surface area contributed by atoms with Crippen LogP contribution in [0.1, 0.15) is 6.92 Å². The van der Waals surface area contributed by atoms with Gasteiger partial charge in [-0.25, -0.2) is 14.8 Å². The summed E-state index contributed by atoms with van der Waals surface area (Å²) >= 11 is 5.36. The summed E-state index contributed by atoms with van der Waals surface area (Å²) in [6, 6.07) is 12.0. The molecule has 2 heterocycles. The number of hydrogen-bond acceptors (Lipinski definition) is 7. The number of amides is 1. The number of ether oxygens (including phenoxy) is 1. The van der Waals surface area contributed by atoms with Crippen molar-refractivity contribution in [1.29, 1.82) is 0 Å². The zero-order valence-corrected chi connectivity index (χ0v) is 17.1. The summed E-state index contributed by atoms with van der Waals surface area (Å²) in [5.41, 5.74) is 1.65. The number of hydrogen-bond donors (Lipinski definition) is 3. The number of imidazole rings is 1. The lowest BCUT2D eigenvalue weighted by Gasteiger charge is -2.11. The Morgan fingerprint density at radius 3 is 2.81 bits per heavy atom. The normalized spacial score (nSPS) is 18.4. The van der Waals surface area contributed by atoms with E-state index in [9.17, 15) is 20.0 Å². The van der Waals surface area contributed by atoms with Gasteiger partial charge in [-0.1, -0.05) is 18.2 Å². The summed E-state index contributed by atoms with van der Waals surface area (Å²) < 4.78 is 7.94. The van der Waals surface area contributed by atoms with Gasteiger partial charge >= 0.3 is 11.9 Å². The molecule has 2 unspecified atom stereocenters. The van der Waals surface area contributed by atoms with Gasteiger partial charge in [0.15, 0.2) is 10.5 Å². The van der Waals surface area contributed by atoms with Gasteiger partial charge in [-0.3, -0.25) is 4.57 Å². The molecule has 10 nitrogen and oxygen atoms in total. The predicted octanol–water partition coefficient (Wildman–Crippen LogP) is 2.21. The monoisotopic (exact) mass is 440 g/mol. The van der Waals surface area contributed by atoms with Crippen molar-refractivity contribution in [3.63, 3.8) is 0 Å². The van der Waals surface area contributed by atoms with E-state index in [1.165, 1.54) is 22.9 Å². The summed E-state index contributed by atoms with van der Waals surface area (Å²) in [5.74, 6) is -1.17. The smallest absolute Gasteiger partial charge is 0.450 e. The fourth-order valence-electron chi connectivity index (χ4n) is 3.27. The van der Waals surface area contributed by atoms with E-state index in [4.69, 9.17) is 17.0 Å². The SMILES string of the molecule is CCOC(=O)C1N=[N+](c2ccccc2)C(=O)/C1=C/n1c(=S)[nH]c2ccc([NH+]([O-])O)cc21. The quantitative estimate of drug-likeness (QED) is 0.184. The van der Waals surface area contributed by atoms with Gasteiger partial charge in [-0.15, -0.1) is 0 Å². The molecule has 1 aromatic heterocycles. The van der Waals surface area contributed by atoms with Crippen molar-refractivity contribution in [2.24, 2.45) is 5.11 Å². The number of quaternary nitrogens is 1. The Kier molecular flexibility index (Phi) is 5.57. The lowest BCUT2D eigenvalue weighted by Crippen LogP contribution is -2.99. The van der Waals surface area contributed by atoms with Gasteiger partial charge in [-0.05, 0) is 35.0 Å². The zero-order chi connectivity index (χ0) is 22.1. The lowest BCUT2D eigenvalue weighted by atomic mass is 10.1. The highest BCUT2D eigenvalue weighted by molar-refractivity contribution is 7.71. The molecular formula is C20H18N5O5S+. The van der Waals surface area contributed by atoms with Crippen molar-refractivity contribution >= 4 is 52.7 Å². The number of nitrogens with one attached hydrogen (secondary N) is 2. The molecule has 158 valence electrons.